The summed E-state index contributed by atoms with van der Waals surface area (Å²) in [6, 6.07) is 9.14. The lowest BCUT2D eigenvalue weighted by atomic mass is 9.94. The number of hydrogen-bond donors (Lipinski definition) is 2. The minimum absolute atomic E-state index is 0.317. The molecule has 2 nitrogen and oxygen atoms in total. The molecular formula is C16H26N2. The third-order valence-corrected chi connectivity index (χ3v) is 4.30. The van der Waals surface area contributed by atoms with E-state index in [0.29, 0.717) is 6.04 Å². The van der Waals surface area contributed by atoms with Crippen molar-refractivity contribution in [2.75, 3.05) is 0 Å². The summed E-state index contributed by atoms with van der Waals surface area (Å²) < 4.78 is 0. The fraction of sp³-hybridized carbons (Fsp3) is 0.625. The average molecular weight is 246 g/mol. The molecule has 18 heavy (non-hydrogen) atoms. The number of hydrazine groups is 1. The van der Waals surface area contributed by atoms with Gasteiger partial charge in [-0.1, -0.05) is 56.9 Å². The lowest BCUT2D eigenvalue weighted by Crippen LogP contribution is -2.28. The molecule has 1 saturated carbocycles. The van der Waals surface area contributed by atoms with Crippen LogP contribution in [-0.2, 0) is 6.42 Å². The first-order chi connectivity index (χ1) is 8.83. The topological polar surface area (TPSA) is 38.0 Å². The van der Waals surface area contributed by atoms with Crippen molar-refractivity contribution in [3.05, 3.63) is 35.4 Å². The molecule has 0 heterocycles. The number of rotatable bonds is 6. The van der Waals surface area contributed by atoms with Gasteiger partial charge in [-0.3, -0.25) is 11.3 Å². The second-order valence-electron chi connectivity index (χ2n) is 5.55. The number of nitrogens with one attached hydrogen (secondary N) is 1. The molecule has 100 valence electrons. The zero-order valence-corrected chi connectivity index (χ0v) is 11.5. The van der Waals surface area contributed by atoms with Crippen molar-refractivity contribution in [2.45, 2.75) is 57.9 Å². The molecule has 1 unspecified atom stereocenters. The predicted octanol–water partition coefficient (Wildman–Crippen LogP) is 3.72. The highest BCUT2D eigenvalue weighted by Gasteiger charge is 2.17. The maximum absolute atomic E-state index is 5.73. The fourth-order valence-electron chi connectivity index (χ4n) is 3.08. The Kier molecular flexibility index (Phi) is 5.21. The van der Waals surface area contributed by atoms with Crippen LogP contribution in [-0.4, -0.2) is 0 Å². The van der Waals surface area contributed by atoms with E-state index in [4.69, 9.17) is 5.84 Å². The van der Waals surface area contributed by atoms with Gasteiger partial charge in [-0.05, 0) is 36.3 Å². The molecule has 0 amide bonds. The molecule has 2 rings (SSSR count). The van der Waals surface area contributed by atoms with Crippen LogP contribution in [0.2, 0.25) is 0 Å². The van der Waals surface area contributed by atoms with Crippen LogP contribution in [0.4, 0.5) is 0 Å². The van der Waals surface area contributed by atoms with Gasteiger partial charge in [-0.25, -0.2) is 0 Å². The van der Waals surface area contributed by atoms with Crippen molar-refractivity contribution >= 4 is 0 Å². The van der Waals surface area contributed by atoms with Crippen LogP contribution in [0.15, 0.2) is 24.3 Å². The highest BCUT2D eigenvalue weighted by molar-refractivity contribution is 5.26. The van der Waals surface area contributed by atoms with E-state index in [9.17, 15) is 0 Å². The Morgan fingerprint density at radius 3 is 2.78 bits per heavy atom. The van der Waals surface area contributed by atoms with E-state index in [2.05, 4.69) is 36.6 Å². The molecular weight excluding hydrogens is 220 g/mol. The molecule has 1 fully saturated rings. The van der Waals surface area contributed by atoms with Gasteiger partial charge in [0.2, 0.25) is 0 Å². The number of nitrogens with two attached hydrogens (primary N) is 1. The molecule has 3 N–H and O–H groups in total. The normalized spacial score (nSPS) is 18.1. The molecule has 0 aliphatic heterocycles. The van der Waals surface area contributed by atoms with E-state index in [1.165, 1.54) is 43.2 Å². The second-order valence-corrected chi connectivity index (χ2v) is 5.55. The van der Waals surface area contributed by atoms with Gasteiger partial charge in [0.25, 0.3) is 0 Å². The summed E-state index contributed by atoms with van der Waals surface area (Å²) in [6.45, 7) is 2.20. The number of hydrogen-bond acceptors (Lipinski definition) is 2. The average Bonchev–Trinajstić information content (AvgIpc) is 2.93. The van der Waals surface area contributed by atoms with E-state index in [0.717, 1.165) is 18.8 Å². The summed E-state index contributed by atoms with van der Waals surface area (Å²) in [4.78, 5) is 0. The van der Waals surface area contributed by atoms with Crippen molar-refractivity contribution < 1.29 is 0 Å². The zero-order valence-electron chi connectivity index (χ0n) is 11.5. The minimum Gasteiger partial charge on any atom is -0.271 e. The second kappa shape index (κ2) is 6.91. The van der Waals surface area contributed by atoms with Gasteiger partial charge >= 0.3 is 0 Å². The highest BCUT2D eigenvalue weighted by Crippen LogP contribution is 2.31. The number of benzene rings is 1. The predicted molar refractivity (Wildman–Crippen MR) is 77.1 cm³/mol. The Bertz CT molecular complexity index is 356. The molecule has 1 aliphatic rings. The minimum atomic E-state index is 0.317. The molecule has 0 bridgehead atoms. The van der Waals surface area contributed by atoms with Gasteiger partial charge in [0.15, 0.2) is 0 Å². The molecule has 0 spiro atoms. The van der Waals surface area contributed by atoms with Crippen LogP contribution in [0.1, 0.15) is 62.6 Å². The van der Waals surface area contributed by atoms with Gasteiger partial charge in [-0.15, -0.1) is 0 Å². The summed E-state index contributed by atoms with van der Waals surface area (Å²) in [5, 5.41) is 0. The smallest absolute Gasteiger partial charge is 0.0460 e. The lowest BCUT2D eigenvalue weighted by molar-refractivity contribution is 0.416. The van der Waals surface area contributed by atoms with Gasteiger partial charge in [0.05, 0.1) is 0 Å². The Balaban J connectivity index is 1.93. The third-order valence-electron chi connectivity index (χ3n) is 4.30. The molecule has 1 aromatic rings. The van der Waals surface area contributed by atoms with Gasteiger partial charge in [0.1, 0.15) is 0 Å². The highest BCUT2D eigenvalue weighted by atomic mass is 15.2. The Labute approximate surface area is 111 Å². The van der Waals surface area contributed by atoms with Crippen LogP contribution in [0.3, 0.4) is 0 Å². The summed E-state index contributed by atoms with van der Waals surface area (Å²) in [6.07, 6.45) is 9.26. The fourth-order valence-corrected chi connectivity index (χ4v) is 3.08. The van der Waals surface area contributed by atoms with Crippen molar-refractivity contribution in [3.8, 4) is 0 Å². The molecule has 0 radical (unpaired) electrons. The van der Waals surface area contributed by atoms with Crippen LogP contribution in [0.25, 0.3) is 0 Å². The molecule has 1 aliphatic carbocycles. The van der Waals surface area contributed by atoms with Gasteiger partial charge in [-0.2, -0.15) is 0 Å². The third kappa shape index (κ3) is 3.56. The lowest BCUT2D eigenvalue weighted by Gasteiger charge is -2.19. The van der Waals surface area contributed by atoms with Crippen molar-refractivity contribution in [1.82, 2.24) is 5.43 Å². The first-order valence-corrected chi connectivity index (χ1v) is 7.38. The van der Waals surface area contributed by atoms with Gasteiger partial charge in [0, 0.05) is 6.04 Å². The van der Waals surface area contributed by atoms with Crippen LogP contribution >= 0.6 is 0 Å². The van der Waals surface area contributed by atoms with Crippen molar-refractivity contribution in [3.63, 3.8) is 0 Å². The van der Waals surface area contributed by atoms with E-state index >= 15 is 0 Å². The van der Waals surface area contributed by atoms with Crippen LogP contribution in [0.5, 0.6) is 0 Å². The summed E-state index contributed by atoms with van der Waals surface area (Å²) in [7, 11) is 0. The first kappa shape index (κ1) is 13.6. The maximum atomic E-state index is 5.73. The summed E-state index contributed by atoms with van der Waals surface area (Å²) in [5.41, 5.74) is 5.73. The quantitative estimate of drug-likeness (QED) is 0.593. The van der Waals surface area contributed by atoms with E-state index in [-0.39, 0.29) is 0 Å². The van der Waals surface area contributed by atoms with Crippen LogP contribution < -0.4 is 11.3 Å². The molecule has 1 aromatic carbocycles. The molecule has 2 heteroatoms. The molecule has 0 aromatic heterocycles. The van der Waals surface area contributed by atoms with E-state index in [1.54, 1.807) is 0 Å². The molecule has 0 saturated heterocycles. The van der Waals surface area contributed by atoms with E-state index in [1.807, 2.05) is 0 Å². The van der Waals surface area contributed by atoms with E-state index < -0.39 is 0 Å². The summed E-state index contributed by atoms with van der Waals surface area (Å²) in [5.74, 6) is 6.67. The summed E-state index contributed by atoms with van der Waals surface area (Å²) >= 11 is 0. The Hall–Kier alpha value is -0.860. The van der Waals surface area contributed by atoms with Crippen LogP contribution in [0, 0.1) is 5.92 Å². The number of aryl methyl sites for hydroxylation is 1. The molecule has 1 atom stereocenters. The van der Waals surface area contributed by atoms with Crippen molar-refractivity contribution in [2.24, 2.45) is 11.8 Å². The monoisotopic (exact) mass is 246 g/mol. The van der Waals surface area contributed by atoms with Gasteiger partial charge < -0.3 is 0 Å². The standard InChI is InChI=1S/C16H26N2/c1-2-13-8-5-9-15(12-13)16(18-17)11-10-14-6-3-4-7-14/h5,8-9,12,14,16,18H,2-4,6-7,10-11,17H2,1H3. The zero-order chi connectivity index (χ0) is 12.8. The maximum Gasteiger partial charge on any atom is 0.0460 e. The first-order valence-electron chi connectivity index (χ1n) is 7.38. The van der Waals surface area contributed by atoms with Crippen molar-refractivity contribution in [1.29, 1.82) is 0 Å². The SMILES string of the molecule is CCc1cccc(C(CCC2CCCC2)NN)c1. The Morgan fingerprint density at radius 2 is 2.11 bits per heavy atom. The largest absolute Gasteiger partial charge is 0.271 e. The Morgan fingerprint density at radius 1 is 1.33 bits per heavy atom.